The molecule has 0 heterocycles. The Bertz CT molecular complexity index is 293. The van der Waals surface area contributed by atoms with E-state index >= 15 is 0 Å². The molecule has 0 aromatic heterocycles. The quantitative estimate of drug-likeness (QED) is 0.357. The lowest BCUT2D eigenvalue weighted by Gasteiger charge is -2.16. The molecule has 0 aliphatic carbocycles. The zero-order chi connectivity index (χ0) is 15.4. The number of carbonyl (C=O) groups is 2. The van der Waals surface area contributed by atoms with Crippen molar-refractivity contribution in [3.05, 3.63) is 0 Å². The van der Waals surface area contributed by atoms with Crippen LogP contribution in [0.5, 0.6) is 0 Å². The summed E-state index contributed by atoms with van der Waals surface area (Å²) >= 11 is 13.0. The smallest absolute Gasteiger partial charge is 0.246 e. The predicted octanol–water partition coefficient (Wildman–Crippen LogP) is 0.562. The lowest BCUT2D eigenvalue weighted by atomic mass is 10.2. The van der Waals surface area contributed by atoms with Gasteiger partial charge < -0.3 is 15.4 Å². The Labute approximate surface area is 137 Å². The Morgan fingerprint density at radius 1 is 1.15 bits per heavy atom. The molecule has 0 spiro atoms. The average molecular weight is 341 g/mol. The summed E-state index contributed by atoms with van der Waals surface area (Å²) in [5, 5.41) is 5.47. The molecule has 0 bridgehead atoms. The Hall–Kier alpha value is -0.0500. The molecule has 0 aliphatic rings. The van der Waals surface area contributed by atoms with Gasteiger partial charge in [0.15, 0.2) is 0 Å². The third kappa shape index (κ3) is 11.7. The first-order chi connectivity index (χ1) is 9.49. The van der Waals surface area contributed by atoms with Gasteiger partial charge in [-0.3, -0.25) is 9.59 Å². The van der Waals surface area contributed by atoms with E-state index in [-0.39, 0.29) is 35.5 Å². The predicted molar refractivity (Wildman–Crippen MR) is 91.1 cm³/mol. The Balaban J connectivity index is 3.68. The summed E-state index contributed by atoms with van der Waals surface area (Å²) < 4.78 is 4.92. The fourth-order valence-electron chi connectivity index (χ4n) is 1.38. The standard InChI is InChI=1S/C12H24N2O3S3/c1-2-17-8-12(16)14-7-11(15)13-6-10(20)5-9(19)3-4-18/h9-10,18-20H,2-8H2,1H3,(H,13,15)(H,14,16). The molecular formula is C12H24N2O3S3. The highest BCUT2D eigenvalue weighted by Gasteiger charge is 2.11. The number of thiol groups is 3. The molecule has 0 aromatic rings. The van der Waals surface area contributed by atoms with Gasteiger partial charge in [-0.15, -0.1) is 0 Å². The fourth-order valence-corrected chi connectivity index (χ4v) is 2.79. The number of ether oxygens (including phenoxy) is 1. The number of hydrogen-bond acceptors (Lipinski definition) is 6. The minimum Gasteiger partial charge on any atom is -0.372 e. The van der Waals surface area contributed by atoms with Gasteiger partial charge >= 0.3 is 0 Å². The van der Waals surface area contributed by atoms with Crippen LogP contribution in [0.3, 0.4) is 0 Å². The van der Waals surface area contributed by atoms with Crippen molar-refractivity contribution in [1.29, 1.82) is 0 Å². The van der Waals surface area contributed by atoms with Crippen LogP contribution >= 0.6 is 37.9 Å². The molecule has 0 fully saturated rings. The van der Waals surface area contributed by atoms with Crippen LogP contribution in [0.25, 0.3) is 0 Å². The van der Waals surface area contributed by atoms with E-state index < -0.39 is 0 Å². The van der Waals surface area contributed by atoms with Crippen LogP contribution < -0.4 is 10.6 Å². The topological polar surface area (TPSA) is 67.4 Å². The lowest BCUT2D eigenvalue weighted by Crippen LogP contribution is -2.40. The fraction of sp³-hybridized carbons (Fsp3) is 0.833. The number of hydrogen-bond donors (Lipinski definition) is 5. The van der Waals surface area contributed by atoms with E-state index in [1.54, 1.807) is 6.92 Å². The molecule has 8 heteroatoms. The molecule has 2 amide bonds. The SMILES string of the molecule is CCOCC(=O)NCC(=O)NCC(S)CC(S)CCS. The van der Waals surface area contributed by atoms with Crippen molar-refractivity contribution in [3.63, 3.8) is 0 Å². The van der Waals surface area contributed by atoms with E-state index in [0.717, 1.165) is 18.6 Å². The first-order valence-corrected chi connectivity index (χ1v) is 8.24. The van der Waals surface area contributed by atoms with E-state index in [0.29, 0.717) is 13.2 Å². The molecule has 2 unspecified atom stereocenters. The highest BCUT2D eigenvalue weighted by molar-refractivity contribution is 7.82. The average Bonchev–Trinajstić information content (AvgIpc) is 2.40. The first kappa shape index (κ1) is 19.9. The molecule has 20 heavy (non-hydrogen) atoms. The number of carbonyl (C=O) groups excluding carboxylic acids is 2. The van der Waals surface area contributed by atoms with Gasteiger partial charge in [-0.25, -0.2) is 0 Å². The van der Waals surface area contributed by atoms with Gasteiger partial charge in [-0.2, -0.15) is 37.9 Å². The molecule has 0 aromatic carbocycles. The highest BCUT2D eigenvalue weighted by atomic mass is 32.1. The third-order valence-electron chi connectivity index (χ3n) is 2.42. The molecular weight excluding hydrogens is 316 g/mol. The van der Waals surface area contributed by atoms with E-state index in [1.807, 2.05) is 0 Å². The molecule has 5 nitrogen and oxygen atoms in total. The maximum atomic E-state index is 11.5. The van der Waals surface area contributed by atoms with Crippen LogP contribution in [-0.2, 0) is 14.3 Å². The summed E-state index contributed by atoms with van der Waals surface area (Å²) in [5.74, 6) is 0.250. The molecule has 0 saturated heterocycles. The number of nitrogens with one attached hydrogen (secondary N) is 2. The van der Waals surface area contributed by atoms with E-state index in [1.165, 1.54) is 0 Å². The van der Waals surface area contributed by atoms with Crippen molar-refractivity contribution in [1.82, 2.24) is 10.6 Å². The van der Waals surface area contributed by atoms with Crippen molar-refractivity contribution in [2.45, 2.75) is 30.3 Å². The summed E-state index contributed by atoms with van der Waals surface area (Å²) in [7, 11) is 0. The van der Waals surface area contributed by atoms with Gasteiger partial charge in [0, 0.05) is 23.7 Å². The Kier molecular flexibility index (Phi) is 12.6. The van der Waals surface area contributed by atoms with Gasteiger partial charge in [0.2, 0.25) is 11.8 Å². The van der Waals surface area contributed by atoms with Crippen LogP contribution in [0.2, 0.25) is 0 Å². The molecule has 2 N–H and O–H groups in total. The lowest BCUT2D eigenvalue weighted by molar-refractivity contribution is -0.128. The van der Waals surface area contributed by atoms with Crippen LogP contribution in [0.4, 0.5) is 0 Å². The zero-order valence-electron chi connectivity index (χ0n) is 11.7. The Morgan fingerprint density at radius 3 is 2.45 bits per heavy atom. The second-order valence-corrected chi connectivity index (χ2v) is 6.18. The van der Waals surface area contributed by atoms with E-state index in [2.05, 4.69) is 48.5 Å². The first-order valence-electron chi connectivity index (χ1n) is 6.57. The van der Waals surface area contributed by atoms with Gasteiger partial charge in [0.1, 0.15) is 6.61 Å². The van der Waals surface area contributed by atoms with Crippen molar-refractivity contribution in [3.8, 4) is 0 Å². The van der Waals surface area contributed by atoms with Crippen LogP contribution in [0.1, 0.15) is 19.8 Å². The number of rotatable bonds is 11. The molecule has 0 radical (unpaired) electrons. The zero-order valence-corrected chi connectivity index (χ0v) is 14.4. The Morgan fingerprint density at radius 2 is 1.85 bits per heavy atom. The van der Waals surface area contributed by atoms with Gasteiger partial charge in [-0.05, 0) is 25.5 Å². The summed E-state index contributed by atoms with van der Waals surface area (Å²) in [6.07, 6.45) is 1.70. The molecule has 0 aliphatic heterocycles. The maximum Gasteiger partial charge on any atom is 0.246 e. The van der Waals surface area contributed by atoms with Gasteiger partial charge in [0.05, 0.1) is 6.54 Å². The largest absolute Gasteiger partial charge is 0.372 e. The van der Waals surface area contributed by atoms with E-state index in [9.17, 15) is 9.59 Å². The van der Waals surface area contributed by atoms with Crippen molar-refractivity contribution in [2.75, 3.05) is 32.1 Å². The minimum absolute atomic E-state index is 0.0238. The van der Waals surface area contributed by atoms with Crippen molar-refractivity contribution < 1.29 is 14.3 Å². The molecule has 0 rings (SSSR count). The van der Waals surface area contributed by atoms with Gasteiger partial charge in [-0.1, -0.05) is 0 Å². The molecule has 0 saturated carbocycles. The normalized spacial score (nSPS) is 13.6. The van der Waals surface area contributed by atoms with Crippen molar-refractivity contribution >= 4 is 49.7 Å². The summed E-state index contributed by atoms with van der Waals surface area (Å²) in [6.45, 7) is 2.65. The second-order valence-electron chi connectivity index (χ2n) is 4.27. The summed E-state index contributed by atoms with van der Waals surface area (Å²) in [4.78, 5) is 22.7. The van der Waals surface area contributed by atoms with Crippen LogP contribution in [-0.4, -0.2) is 54.4 Å². The van der Waals surface area contributed by atoms with Crippen LogP contribution in [0.15, 0.2) is 0 Å². The third-order valence-corrected chi connectivity index (χ3v) is 3.55. The highest BCUT2D eigenvalue weighted by Crippen LogP contribution is 2.13. The maximum absolute atomic E-state index is 11.5. The number of amides is 2. The van der Waals surface area contributed by atoms with E-state index in [4.69, 9.17) is 4.74 Å². The minimum atomic E-state index is -0.298. The van der Waals surface area contributed by atoms with Gasteiger partial charge in [0.25, 0.3) is 0 Å². The summed E-state index contributed by atoms with van der Waals surface area (Å²) in [5.41, 5.74) is 0. The molecule has 2 atom stereocenters. The second kappa shape index (κ2) is 12.7. The van der Waals surface area contributed by atoms with Crippen LogP contribution in [0, 0.1) is 0 Å². The molecule has 118 valence electrons. The summed E-state index contributed by atoms with van der Waals surface area (Å²) in [6, 6.07) is 0. The van der Waals surface area contributed by atoms with Crippen molar-refractivity contribution in [2.24, 2.45) is 0 Å². The monoisotopic (exact) mass is 340 g/mol.